The molecule has 20 heavy (non-hydrogen) atoms. The number of benzene rings is 1. The highest BCUT2D eigenvalue weighted by Gasteiger charge is 2.49. The number of hydrogen-bond acceptors (Lipinski definition) is 1. The van der Waals surface area contributed by atoms with Crippen molar-refractivity contribution in [3.63, 3.8) is 0 Å². The summed E-state index contributed by atoms with van der Waals surface area (Å²) in [6.07, 6.45) is 8.41. The van der Waals surface area contributed by atoms with Crippen LogP contribution >= 0.6 is 0 Å². The number of rotatable bonds is 1. The van der Waals surface area contributed by atoms with Gasteiger partial charge in [-0.2, -0.15) is 0 Å². The van der Waals surface area contributed by atoms with Crippen molar-refractivity contribution in [2.75, 3.05) is 0 Å². The van der Waals surface area contributed by atoms with Gasteiger partial charge < -0.3 is 5.11 Å². The molecule has 4 rings (SSSR count). The van der Waals surface area contributed by atoms with E-state index in [2.05, 4.69) is 18.2 Å². The topological polar surface area (TPSA) is 20.2 Å². The molecule has 1 N–H and O–H groups in total. The summed E-state index contributed by atoms with van der Waals surface area (Å²) >= 11 is 0. The SMILES string of the molecule is CC(C)(O)c1cccc2c1C1CCCC3CCCC2C31. The van der Waals surface area contributed by atoms with E-state index in [-0.39, 0.29) is 0 Å². The molecule has 108 valence electrons. The van der Waals surface area contributed by atoms with Crippen molar-refractivity contribution in [1.29, 1.82) is 0 Å². The Bertz CT molecular complexity index is 523. The van der Waals surface area contributed by atoms with Crippen LogP contribution in [0.4, 0.5) is 0 Å². The number of fused-ring (bicyclic) bond motifs is 3. The minimum atomic E-state index is -0.703. The fraction of sp³-hybridized carbons (Fsp3) is 0.684. The predicted octanol–water partition coefficient (Wildman–Crippen LogP) is 4.70. The van der Waals surface area contributed by atoms with Gasteiger partial charge in [0.1, 0.15) is 0 Å². The molecular formula is C19H26O. The third-order valence-corrected chi connectivity index (χ3v) is 6.22. The second-order valence-electron chi connectivity index (χ2n) is 7.78. The second-order valence-corrected chi connectivity index (χ2v) is 7.78. The molecule has 3 aliphatic rings. The molecule has 0 spiro atoms. The molecule has 1 heteroatoms. The highest BCUT2D eigenvalue weighted by Crippen LogP contribution is 2.61. The molecular weight excluding hydrogens is 244 g/mol. The van der Waals surface area contributed by atoms with Gasteiger partial charge in [0.15, 0.2) is 0 Å². The van der Waals surface area contributed by atoms with Gasteiger partial charge in [0.05, 0.1) is 5.60 Å². The molecule has 4 atom stereocenters. The van der Waals surface area contributed by atoms with Gasteiger partial charge in [0.25, 0.3) is 0 Å². The van der Waals surface area contributed by atoms with Gasteiger partial charge >= 0.3 is 0 Å². The van der Waals surface area contributed by atoms with E-state index in [1.807, 2.05) is 13.8 Å². The Morgan fingerprint density at radius 2 is 1.70 bits per heavy atom. The van der Waals surface area contributed by atoms with Gasteiger partial charge in [-0.05, 0) is 67.1 Å². The van der Waals surface area contributed by atoms with Crippen LogP contribution in [-0.2, 0) is 5.60 Å². The third kappa shape index (κ3) is 1.72. The summed E-state index contributed by atoms with van der Waals surface area (Å²) in [6.45, 7) is 3.90. The molecule has 3 aliphatic carbocycles. The molecule has 0 aromatic heterocycles. The highest BCUT2D eigenvalue weighted by atomic mass is 16.3. The zero-order chi connectivity index (χ0) is 13.9. The lowest BCUT2D eigenvalue weighted by Crippen LogP contribution is -2.30. The monoisotopic (exact) mass is 270 g/mol. The van der Waals surface area contributed by atoms with E-state index >= 15 is 0 Å². The molecule has 1 aromatic rings. The molecule has 1 aromatic carbocycles. The maximum Gasteiger partial charge on any atom is 0.0843 e. The molecule has 4 unspecified atom stereocenters. The Balaban J connectivity index is 1.88. The quantitative estimate of drug-likeness (QED) is 0.784. The van der Waals surface area contributed by atoms with Crippen LogP contribution in [0, 0.1) is 11.8 Å². The first-order valence-electron chi connectivity index (χ1n) is 8.43. The first-order chi connectivity index (χ1) is 9.57. The second kappa shape index (κ2) is 4.34. The van der Waals surface area contributed by atoms with Gasteiger partial charge in [-0.3, -0.25) is 0 Å². The van der Waals surface area contributed by atoms with Crippen LogP contribution in [0.3, 0.4) is 0 Å². The van der Waals surface area contributed by atoms with Crippen molar-refractivity contribution in [3.05, 3.63) is 34.9 Å². The Hall–Kier alpha value is -0.820. The van der Waals surface area contributed by atoms with E-state index in [0.717, 1.165) is 23.7 Å². The number of hydrogen-bond donors (Lipinski definition) is 1. The smallest absolute Gasteiger partial charge is 0.0843 e. The summed E-state index contributed by atoms with van der Waals surface area (Å²) in [6, 6.07) is 6.70. The fourth-order valence-electron chi connectivity index (χ4n) is 5.60. The summed E-state index contributed by atoms with van der Waals surface area (Å²) in [4.78, 5) is 0. The lowest BCUT2D eigenvalue weighted by molar-refractivity contribution is 0.0757. The zero-order valence-corrected chi connectivity index (χ0v) is 12.7. The van der Waals surface area contributed by atoms with E-state index < -0.39 is 5.60 Å². The van der Waals surface area contributed by atoms with Gasteiger partial charge in [0.2, 0.25) is 0 Å². The maximum atomic E-state index is 10.6. The molecule has 0 aliphatic heterocycles. The molecule has 0 amide bonds. The van der Waals surface area contributed by atoms with Crippen molar-refractivity contribution in [2.24, 2.45) is 11.8 Å². The van der Waals surface area contributed by atoms with E-state index in [1.54, 1.807) is 11.1 Å². The van der Waals surface area contributed by atoms with Gasteiger partial charge in [-0.15, -0.1) is 0 Å². The number of aliphatic hydroxyl groups is 1. The van der Waals surface area contributed by atoms with E-state index in [0.29, 0.717) is 0 Å². The minimum absolute atomic E-state index is 0.703. The highest BCUT2D eigenvalue weighted by molar-refractivity contribution is 5.48. The molecule has 0 bridgehead atoms. The Morgan fingerprint density at radius 1 is 1.00 bits per heavy atom. The molecule has 0 saturated heterocycles. The fourth-order valence-corrected chi connectivity index (χ4v) is 5.60. The zero-order valence-electron chi connectivity index (χ0n) is 12.7. The lowest BCUT2D eigenvalue weighted by Gasteiger charge is -2.41. The van der Waals surface area contributed by atoms with Crippen molar-refractivity contribution in [3.8, 4) is 0 Å². The van der Waals surface area contributed by atoms with Crippen LogP contribution in [0.2, 0.25) is 0 Å². The van der Waals surface area contributed by atoms with Crippen LogP contribution < -0.4 is 0 Å². The summed E-state index contributed by atoms with van der Waals surface area (Å²) < 4.78 is 0. The van der Waals surface area contributed by atoms with Crippen molar-refractivity contribution < 1.29 is 5.11 Å². The first kappa shape index (κ1) is 12.9. The predicted molar refractivity (Wildman–Crippen MR) is 81.9 cm³/mol. The lowest BCUT2D eigenvalue weighted by atomic mass is 9.63. The Morgan fingerprint density at radius 3 is 2.40 bits per heavy atom. The van der Waals surface area contributed by atoms with Crippen LogP contribution in [0.15, 0.2) is 18.2 Å². The molecule has 1 nitrogen and oxygen atoms in total. The van der Waals surface area contributed by atoms with Crippen LogP contribution in [0.25, 0.3) is 0 Å². The summed E-state index contributed by atoms with van der Waals surface area (Å²) in [5, 5.41) is 10.6. The van der Waals surface area contributed by atoms with Gasteiger partial charge in [-0.1, -0.05) is 43.9 Å². The van der Waals surface area contributed by atoms with Crippen molar-refractivity contribution in [2.45, 2.75) is 69.8 Å². The summed E-state index contributed by atoms with van der Waals surface area (Å²) in [5.41, 5.74) is 3.63. The van der Waals surface area contributed by atoms with Gasteiger partial charge in [-0.25, -0.2) is 0 Å². The molecule has 0 heterocycles. The summed E-state index contributed by atoms with van der Waals surface area (Å²) in [5.74, 6) is 3.36. The van der Waals surface area contributed by atoms with Crippen LogP contribution in [-0.4, -0.2) is 5.11 Å². The van der Waals surface area contributed by atoms with Crippen molar-refractivity contribution >= 4 is 0 Å². The maximum absolute atomic E-state index is 10.6. The third-order valence-electron chi connectivity index (χ3n) is 6.22. The molecule has 0 radical (unpaired) electrons. The molecule has 2 saturated carbocycles. The Labute approximate surface area is 122 Å². The van der Waals surface area contributed by atoms with Gasteiger partial charge in [0, 0.05) is 0 Å². The Kier molecular flexibility index (Phi) is 2.79. The normalized spacial score (nSPS) is 35.5. The van der Waals surface area contributed by atoms with Crippen LogP contribution in [0.5, 0.6) is 0 Å². The molecule has 2 fully saturated rings. The standard InChI is InChI=1S/C19H26O/c1-19(2,20)16-11-5-9-14-13-8-3-6-12-7-4-10-15(17(12)13)18(14)16/h5,9,11-13,15,17,20H,3-4,6-8,10H2,1-2H3. The van der Waals surface area contributed by atoms with E-state index in [1.165, 1.54) is 44.1 Å². The average molecular weight is 270 g/mol. The largest absolute Gasteiger partial charge is 0.386 e. The van der Waals surface area contributed by atoms with Crippen LogP contribution in [0.1, 0.15) is 80.9 Å². The van der Waals surface area contributed by atoms with E-state index in [9.17, 15) is 5.11 Å². The minimum Gasteiger partial charge on any atom is -0.386 e. The first-order valence-corrected chi connectivity index (χ1v) is 8.43. The summed E-state index contributed by atoms with van der Waals surface area (Å²) in [7, 11) is 0. The van der Waals surface area contributed by atoms with E-state index in [4.69, 9.17) is 0 Å². The van der Waals surface area contributed by atoms with Crippen molar-refractivity contribution in [1.82, 2.24) is 0 Å². The average Bonchev–Trinajstić information content (AvgIpc) is 2.75.